The van der Waals surface area contributed by atoms with Crippen LogP contribution in [-0.2, 0) is 4.79 Å². The molecule has 0 atom stereocenters. The van der Waals surface area contributed by atoms with E-state index in [1.807, 2.05) is 6.92 Å². The summed E-state index contributed by atoms with van der Waals surface area (Å²) in [4.78, 5) is 14.0. The van der Waals surface area contributed by atoms with Gasteiger partial charge in [0.2, 0.25) is 0 Å². The molecule has 0 aromatic carbocycles. The normalized spacial score (nSPS) is 16.4. The minimum atomic E-state index is -0.968. The van der Waals surface area contributed by atoms with Crippen LogP contribution in [0.1, 0.15) is 13.3 Å². The van der Waals surface area contributed by atoms with E-state index in [0.717, 1.165) is 12.1 Å². The van der Waals surface area contributed by atoms with Gasteiger partial charge in [0, 0.05) is 0 Å². The molecule has 54 valence electrons. The van der Waals surface area contributed by atoms with Crippen molar-refractivity contribution in [2.45, 2.75) is 13.3 Å². The van der Waals surface area contributed by atoms with E-state index < -0.39 is 5.97 Å². The van der Waals surface area contributed by atoms with Gasteiger partial charge in [-0.05, 0) is 22.4 Å². The van der Waals surface area contributed by atoms with Gasteiger partial charge in [-0.2, -0.15) is 0 Å². The van der Waals surface area contributed by atoms with Gasteiger partial charge in [-0.15, -0.1) is 0 Å². The van der Waals surface area contributed by atoms with Crippen molar-refractivity contribution in [2.75, 3.05) is 0 Å². The highest BCUT2D eigenvalue weighted by molar-refractivity contribution is 9.12. The zero-order valence-corrected chi connectivity index (χ0v) is 6.97. The lowest BCUT2D eigenvalue weighted by Gasteiger charge is -2.13. The van der Waals surface area contributed by atoms with Crippen LogP contribution in [0.3, 0.4) is 0 Å². The van der Waals surface area contributed by atoms with Crippen LogP contribution >= 0.6 is 15.9 Å². The van der Waals surface area contributed by atoms with Crippen molar-refractivity contribution in [3.05, 3.63) is 10.2 Å². The van der Waals surface area contributed by atoms with Gasteiger partial charge in [0.25, 0.3) is 0 Å². The molecular weight excluding hydrogens is 198 g/mol. The number of carboxylic acids is 1. The third-order valence-corrected chi connectivity index (χ3v) is 2.08. The van der Waals surface area contributed by atoms with Crippen LogP contribution in [0, 0.1) is 0 Å². The monoisotopic (exact) mass is 203 g/mol. The highest BCUT2D eigenvalue weighted by Crippen LogP contribution is 2.27. The van der Waals surface area contributed by atoms with E-state index in [0.29, 0.717) is 4.48 Å². The molecule has 0 saturated heterocycles. The zero-order chi connectivity index (χ0) is 7.72. The van der Waals surface area contributed by atoms with Gasteiger partial charge in [-0.3, -0.25) is 0 Å². The fraction of sp³-hybridized carbons (Fsp3) is 0.333. The molecular formula is C6H6BrNO2. The predicted octanol–water partition coefficient (Wildman–Crippen LogP) is 1.54. The maximum atomic E-state index is 10.3. The molecule has 0 fully saturated rings. The molecule has 10 heavy (non-hydrogen) atoms. The Morgan fingerprint density at radius 3 is 2.70 bits per heavy atom. The standard InChI is InChI=1S/C6H6BrNO2/c1-2-3-4(7)5(8-3)6(9)10/h2H2,1H3,(H,9,10). The molecule has 1 aliphatic rings. The lowest BCUT2D eigenvalue weighted by atomic mass is 10.2. The van der Waals surface area contributed by atoms with Gasteiger partial charge < -0.3 is 5.11 Å². The Bertz CT molecular complexity index is 242. The summed E-state index contributed by atoms with van der Waals surface area (Å²) in [5.41, 5.74) is 0.967. The first-order valence-corrected chi connectivity index (χ1v) is 3.67. The van der Waals surface area contributed by atoms with Crippen LogP contribution in [0.4, 0.5) is 0 Å². The molecule has 1 N–H and O–H groups in total. The first-order chi connectivity index (χ1) is 4.66. The third kappa shape index (κ3) is 0.988. The van der Waals surface area contributed by atoms with E-state index in [1.165, 1.54) is 0 Å². The number of aliphatic carboxylic acids is 1. The number of aliphatic imine (C=N–C) groups is 1. The number of halogens is 1. The Kier molecular flexibility index (Phi) is 1.89. The second kappa shape index (κ2) is 2.54. The Hall–Kier alpha value is -0.640. The summed E-state index contributed by atoms with van der Waals surface area (Å²) >= 11 is 3.12. The second-order valence-corrected chi connectivity index (χ2v) is 2.67. The van der Waals surface area contributed by atoms with Crippen molar-refractivity contribution in [1.82, 2.24) is 0 Å². The van der Waals surface area contributed by atoms with Crippen molar-refractivity contribution < 1.29 is 9.90 Å². The first-order valence-electron chi connectivity index (χ1n) is 2.87. The summed E-state index contributed by atoms with van der Waals surface area (Å²) in [7, 11) is 0. The van der Waals surface area contributed by atoms with Gasteiger partial charge >= 0.3 is 5.97 Å². The Balaban J connectivity index is 2.70. The quantitative estimate of drug-likeness (QED) is 0.741. The number of carbonyl (C=O) groups is 1. The Labute approximate surface area is 66.6 Å². The third-order valence-electron chi connectivity index (χ3n) is 1.25. The SMILES string of the molecule is CCC1=C(Br)C(C(=O)O)=N1. The average molecular weight is 204 g/mol. The van der Waals surface area contributed by atoms with E-state index in [2.05, 4.69) is 20.9 Å². The Morgan fingerprint density at radius 2 is 2.40 bits per heavy atom. The zero-order valence-electron chi connectivity index (χ0n) is 5.39. The van der Waals surface area contributed by atoms with Crippen molar-refractivity contribution in [2.24, 2.45) is 4.99 Å². The van der Waals surface area contributed by atoms with Crippen LogP contribution < -0.4 is 0 Å². The number of allylic oxidation sites excluding steroid dienone is 1. The molecule has 3 nitrogen and oxygen atoms in total. The first kappa shape index (κ1) is 7.47. The van der Waals surface area contributed by atoms with Crippen LogP contribution in [0.15, 0.2) is 15.2 Å². The van der Waals surface area contributed by atoms with Gasteiger partial charge in [0.1, 0.15) is 0 Å². The van der Waals surface area contributed by atoms with Crippen LogP contribution in [0.25, 0.3) is 0 Å². The maximum absolute atomic E-state index is 10.3. The van der Waals surface area contributed by atoms with E-state index in [9.17, 15) is 4.79 Å². The maximum Gasteiger partial charge on any atom is 0.355 e. The smallest absolute Gasteiger partial charge is 0.355 e. The molecule has 1 heterocycles. The molecule has 1 aliphatic heterocycles. The number of rotatable bonds is 2. The molecule has 0 saturated carbocycles. The van der Waals surface area contributed by atoms with Gasteiger partial charge in [0.15, 0.2) is 5.71 Å². The summed E-state index contributed by atoms with van der Waals surface area (Å²) in [6.07, 6.45) is 0.775. The second-order valence-electron chi connectivity index (χ2n) is 1.88. The van der Waals surface area contributed by atoms with Crippen LogP contribution in [-0.4, -0.2) is 16.8 Å². The fourth-order valence-corrected chi connectivity index (χ4v) is 1.32. The molecule has 4 heteroatoms. The molecule has 0 spiro atoms. The minimum Gasteiger partial charge on any atom is -0.476 e. The number of hydrogen-bond acceptors (Lipinski definition) is 2. The van der Waals surface area contributed by atoms with Crippen molar-refractivity contribution in [1.29, 1.82) is 0 Å². The van der Waals surface area contributed by atoms with Crippen LogP contribution in [0.2, 0.25) is 0 Å². The topological polar surface area (TPSA) is 49.7 Å². The average Bonchev–Trinajstić information content (AvgIpc) is 1.85. The summed E-state index contributed by atoms with van der Waals surface area (Å²) in [6, 6.07) is 0. The molecule has 0 radical (unpaired) electrons. The highest BCUT2D eigenvalue weighted by atomic mass is 79.9. The molecule has 1 rings (SSSR count). The summed E-state index contributed by atoms with van der Waals surface area (Å²) in [5.74, 6) is -0.968. The van der Waals surface area contributed by atoms with E-state index >= 15 is 0 Å². The molecule has 0 unspecified atom stereocenters. The number of hydrogen-bond donors (Lipinski definition) is 1. The minimum absolute atomic E-state index is 0.136. The summed E-state index contributed by atoms with van der Waals surface area (Å²) in [6.45, 7) is 1.93. The molecule has 0 amide bonds. The van der Waals surface area contributed by atoms with Gasteiger partial charge in [0.05, 0.1) is 10.2 Å². The van der Waals surface area contributed by atoms with E-state index in [1.54, 1.807) is 0 Å². The lowest BCUT2D eigenvalue weighted by molar-refractivity contribution is -0.129. The van der Waals surface area contributed by atoms with Crippen molar-refractivity contribution in [3.63, 3.8) is 0 Å². The predicted molar refractivity (Wildman–Crippen MR) is 41.3 cm³/mol. The highest BCUT2D eigenvalue weighted by Gasteiger charge is 2.24. The van der Waals surface area contributed by atoms with E-state index in [-0.39, 0.29) is 5.71 Å². The molecule has 0 aromatic rings. The lowest BCUT2D eigenvalue weighted by Crippen LogP contribution is -2.20. The molecule has 0 aromatic heterocycles. The fourth-order valence-electron chi connectivity index (χ4n) is 0.693. The van der Waals surface area contributed by atoms with E-state index in [4.69, 9.17) is 5.11 Å². The van der Waals surface area contributed by atoms with Gasteiger partial charge in [-0.25, -0.2) is 9.79 Å². The largest absolute Gasteiger partial charge is 0.476 e. The summed E-state index contributed by atoms with van der Waals surface area (Å²) < 4.78 is 0.641. The Morgan fingerprint density at radius 1 is 1.80 bits per heavy atom. The van der Waals surface area contributed by atoms with Gasteiger partial charge in [-0.1, -0.05) is 6.92 Å². The molecule has 0 aliphatic carbocycles. The summed E-state index contributed by atoms with van der Waals surface area (Å²) in [5, 5.41) is 8.42. The number of carboxylic acid groups (broad SMARTS) is 1. The van der Waals surface area contributed by atoms with Crippen molar-refractivity contribution in [3.8, 4) is 0 Å². The number of nitrogens with zero attached hydrogens (tertiary/aromatic N) is 1. The molecule has 0 bridgehead atoms. The van der Waals surface area contributed by atoms with Crippen molar-refractivity contribution >= 4 is 27.6 Å². The van der Waals surface area contributed by atoms with Crippen LogP contribution in [0.5, 0.6) is 0 Å².